The van der Waals surface area contributed by atoms with E-state index < -0.39 is 0 Å². The number of hydrogen-bond acceptors (Lipinski definition) is 4. The SMILES string of the molecule is Cc1ccc(C(CNC(=O)c2oc3cc(C)c(C)cc3c2C)N2CCCCC2)o1.Cl. The highest BCUT2D eigenvalue weighted by atomic mass is 35.5. The summed E-state index contributed by atoms with van der Waals surface area (Å²) in [5.74, 6) is 2.04. The highest BCUT2D eigenvalue weighted by molar-refractivity contribution is 5.99. The van der Waals surface area contributed by atoms with Gasteiger partial charge in [0.1, 0.15) is 17.1 Å². The smallest absolute Gasteiger partial charge is 0.287 e. The lowest BCUT2D eigenvalue weighted by Gasteiger charge is -2.33. The number of aryl methyl sites for hydroxylation is 4. The van der Waals surface area contributed by atoms with Crippen molar-refractivity contribution in [2.75, 3.05) is 19.6 Å². The highest BCUT2D eigenvalue weighted by Crippen LogP contribution is 2.29. The Bertz CT molecular complexity index is 1030. The Labute approximate surface area is 184 Å². The first kappa shape index (κ1) is 22.4. The number of hydrogen-bond donors (Lipinski definition) is 1. The molecule has 1 N–H and O–H groups in total. The molecule has 30 heavy (non-hydrogen) atoms. The van der Waals surface area contributed by atoms with Crippen LogP contribution < -0.4 is 5.32 Å². The van der Waals surface area contributed by atoms with Crippen molar-refractivity contribution in [3.63, 3.8) is 0 Å². The predicted molar refractivity (Wildman–Crippen MR) is 122 cm³/mol. The number of carbonyl (C=O) groups excluding carboxylic acids is 1. The van der Waals surface area contributed by atoms with E-state index in [2.05, 4.69) is 30.1 Å². The molecule has 0 radical (unpaired) electrons. The van der Waals surface area contributed by atoms with Gasteiger partial charge in [-0.25, -0.2) is 0 Å². The summed E-state index contributed by atoms with van der Waals surface area (Å²) in [5, 5.41) is 4.11. The van der Waals surface area contributed by atoms with Crippen LogP contribution in [0.3, 0.4) is 0 Å². The Morgan fingerprint density at radius 2 is 1.73 bits per heavy atom. The molecule has 3 aromatic rings. The number of nitrogens with zero attached hydrogens (tertiary/aromatic N) is 1. The molecule has 1 saturated heterocycles. The van der Waals surface area contributed by atoms with E-state index >= 15 is 0 Å². The van der Waals surface area contributed by atoms with Gasteiger partial charge < -0.3 is 14.2 Å². The molecule has 0 bridgehead atoms. The maximum absolute atomic E-state index is 13.0. The van der Waals surface area contributed by atoms with E-state index in [9.17, 15) is 4.79 Å². The summed E-state index contributed by atoms with van der Waals surface area (Å²) < 4.78 is 11.9. The van der Waals surface area contributed by atoms with Crippen LogP contribution in [-0.4, -0.2) is 30.4 Å². The molecule has 5 nitrogen and oxygen atoms in total. The molecule has 162 valence electrons. The molecule has 1 amide bonds. The van der Waals surface area contributed by atoms with Gasteiger partial charge in [-0.2, -0.15) is 0 Å². The number of fused-ring (bicyclic) bond motifs is 1. The topological polar surface area (TPSA) is 58.6 Å². The van der Waals surface area contributed by atoms with E-state index in [4.69, 9.17) is 8.83 Å². The van der Waals surface area contributed by atoms with Crippen molar-refractivity contribution in [3.8, 4) is 0 Å². The van der Waals surface area contributed by atoms with E-state index in [1.807, 2.05) is 32.0 Å². The first-order chi connectivity index (χ1) is 13.9. The Hall–Kier alpha value is -2.24. The molecule has 0 saturated carbocycles. The molecule has 1 atom stereocenters. The van der Waals surface area contributed by atoms with Gasteiger partial charge in [-0.05, 0) is 89.0 Å². The van der Waals surface area contributed by atoms with Crippen LogP contribution in [0.1, 0.15) is 64.1 Å². The highest BCUT2D eigenvalue weighted by Gasteiger charge is 2.26. The van der Waals surface area contributed by atoms with Gasteiger partial charge in [0.05, 0.1) is 6.04 Å². The molecule has 4 rings (SSSR count). The van der Waals surface area contributed by atoms with E-state index in [0.717, 1.165) is 46.7 Å². The van der Waals surface area contributed by atoms with E-state index in [-0.39, 0.29) is 24.4 Å². The summed E-state index contributed by atoms with van der Waals surface area (Å²) >= 11 is 0. The summed E-state index contributed by atoms with van der Waals surface area (Å²) in [6, 6.07) is 8.17. The number of carbonyl (C=O) groups is 1. The lowest BCUT2D eigenvalue weighted by molar-refractivity contribution is 0.0888. The van der Waals surface area contributed by atoms with Gasteiger partial charge in [0.15, 0.2) is 5.76 Å². The Morgan fingerprint density at radius 1 is 1.03 bits per heavy atom. The van der Waals surface area contributed by atoms with Gasteiger partial charge in [0, 0.05) is 17.5 Å². The van der Waals surface area contributed by atoms with Gasteiger partial charge in [0.2, 0.25) is 0 Å². The van der Waals surface area contributed by atoms with E-state index in [1.165, 1.54) is 24.8 Å². The van der Waals surface area contributed by atoms with Crippen molar-refractivity contribution < 1.29 is 13.6 Å². The number of amides is 1. The number of rotatable bonds is 5. The lowest BCUT2D eigenvalue weighted by Crippen LogP contribution is -2.40. The number of benzene rings is 1. The number of furan rings is 2. The molecule has 0 spiro atoms. The zero-order chi connectivity index (χ0) is 20.5. The molecule has 6 heteroatoms. The summed E-state index contributed by atoms with van der Waals surface area (Å²) in [6.07, 6.45) is 3.64. The second kappa shape index (κ2) is 9.27. The molecule has 1 fully saturated rings. The zero-order valence-electron chi connectivity index (χ0n) is 18.2. The summed E-state index contributed by atoms with van der Waals surface area (Å²) in [7, 11) is 0. The third-order valence-electron chi connectivity index (χ3n) is 6.14. The summed E-state index contributed by atoms with van der Waals surface area (Å²) in [4.78, 5) is 15.4. The normalized spacial score (nSPS) is 15.7. The quantitative estimate of drug-likeness (QED) is 0.569. The minimum absolute atomic E-state index is 0. The average molecular weight is 431 g/mol. The second-order valence-corrected chi connectivity index (χ2v) is 8.26. The van der Waals surface area contributed by atoms with Crippen molar-refractivity contribution in [1.82, 2.24) is 10.2 Å². The fraction of sp³-hybridized carbons (Fsp3) is 0.458. The molecule has 0 aliphatic carbocycles. The Morgan fingerprint density at radius 3 is 2.40 bits per heavy atom. The molecule has 1 aromatic carbocycles. The number of nitrogens with one attached hydrogen (secondary N) is 1. The summed E-state index contributed by atoms with van der Waals surface area (Å²) in [5.41, 5.74) is 4.03. The Balaban J connectivity index is 0.00000256. The minimum atomic E-state index is -0.167. The monoisotopic (exact) mass is 430 g/mol. The average Bonchev–Trinajstić information content (AvgIpc) is 3.27. The Kier molecular flexibility index (Phi) is 6.94. The lowest BCUT2D eigenvalue weighted by atomic mass is 10.0. The van der Waals surface area contributed by atoms with Crippen molar-refractivity contribution in [1.29, 1.82) is 0 Å². The third kappa shape index (κ3) is 4.42. The van der Waals surface area contributed by atoms with Gasteiger partial charge in [0.25, 0.3) is 5.91 Å². The molecule has 3 heterocycles. The van der Waals surface area contributed by atoms with Crippen LogP contribution in [0.15, 0.2) is 33.1 Å². The van der Waals surface area contributed by atoms with Crippen LogP contribution in [-0.2, 0) is 0 Å². The van der Waals surface area contributed by atoms with Crippen molar-refractivity contribution in [2.24, 2.45) is 0 Å². The maximum atomic E-state index is 13.0. The van der Waals surface area contributed by atoms with Crippen molar-refractivity contribution in [2.45, 2.75) is 53.0 Å². The predicted octanol–water partition coefficient (Wildman–Crippen LogP) is 5.64. The van der Waals surface area contributed by atoms with Gasteiger partial charge in [-0.3, -0.25) is 9.69 Å². The minimum Gasteiger partial charge on any atom is -0.465 e. The van der Waals surface area contributed by atoms with Crippen LogP contribution >= 0.6 is 12.4 Å². The fourth-order valence-electron chi connectivity index (χ4n) is 4.23. The standard InChI is InChI=1S/C24H30N2O3.ClH/c1-15-12-19-18(4)23(29-22(19)13-16(15)2)24(27)25-14-20(21-9-8-17(3)28-21)26-10-6-5-7-11-26;/h8-9,12-13,20H,5-7,10-11,14H2,1-4H3,(H,25,27);1H. The molecule has 1 aliphatic heterocycles. The van der Waals surface area contributed by atoms with Crippen LogP contribution in [0.2, 0.25) is 0 Å². The van der Waals surface area contributed by atoms with Gasteiger partial charge >= 0.3 is 0 Å². The maximum Gasteiger partial charge on any atom is 0.287 e. The van der Waals surface area contributed by atoms with Gasteiger partial charge in [-0.1, -0.05) is 6.42 Å². The second-order valence-electron chi connectivity index (χ2n) is 8.26. The van der Waals surface area contributed by atoms with Crippen molar-refractivity contribution >= 4 is 29.3 Å². The van der Waals surface area contributed by atoms with Gasteiger partial charge in [-0.15, -0.1) is 12.4 Å². The molecular weight excluding hydrogens is 400 g/mol. The van der Waals surface area contributed by atoms with E-state index in [0.29, 0.717) is 12.3 Å². The molecule has 2 aromatic heterocycles. The molecule has 1 unspecified atom stereocenters. The third-order valence-corrected chi connectivity index (χ3v) is 6.14. The van der Waals surface area contributed by atoms with E-state index in [1.54, 1.807) is 0 Å². The zero-order valence-corrected chi connectivity index (χ0v) is 19.0. The fourth-order valence-corrected chi connectivity index (χ4v) is 4.23. The number of halogens is 1. The molecule has 1 aliphatic rings. The first-order valence-electron chi connectivity index (χ1n) is 10.5. The summed E-state index contributed by atoms with van der Waals surface area (Å²) in [6.45, 7) is 10.6. The molecular formula is C24H31ClN2O3. The largest absolute Gasteiger partial charge is 0.465 e. The van der Waals surface area contributed by atoms with Crippen molar-refractivity contribution in [3.05, 3.63) is 58.2 Å². The first-order valence-corrected chi connectivity index (χ1v) is 10.5. The number of piperidine rings is 1. The van der Waals surface area contributed by atoms with Crippen LogP contribution in [0.25, 0.3) is 11.0 Å². The van der Waals surface area contributed by atoms with Crippen LogP contribution in [0.5, 0.6) is 0 Å². The number of likely N-dealkylation sites (tertiary alicyclic amines) is 1. The van der Waals surface area contributed by atoms with Crippen LogP contribution in [0, 0.1) is 27.7 Å². The van der Waals surface area contributed by atoms with Crippen LogP contribution in [0.4, 0.5) is 0 Å².